The van der Waals surface area contributed by atoms with Gasteiger partial charge in [-0.15, -0.1) is 12.4 Å². The third kappa shape index (κ3) is 4.93. The van der Waals surface area contributed by atoms with Gasteiger partial charge in [-0.05, 0) is 37.2 Å². The minimum absolute atomic E-state index is 0. The quantitative estimate of drug-likeness (QED) is 0.864. The molecule has 0 amide bonds. The molecule has 4 unspecified atom stereocenters. The van der Waals surface area contributed by atoms with Crippen LogP contribution < -0.4 is 10.6 Å². The molecule has 130 valence electrons. The minimum atomic E-state index is 0. The molecule has 3 nitrogen and oxygen atoms in total. The number of nitrogens with one attached hydrogen (secondary N) is 2. The fourth-order valence-electron chi connectivity index (χ4n) is 3.93. The van der Waals surface area contributed by atoms with Crippen molar-refractivity contribution < 1.29 is 4.74 Å². The molecule has 2 aliphatic rings. The molecule has 1 saturated heterocycles. The second kappa shape index (κ2) is 9.03. The van der Waals surface area contributed by atoms with Gasteiger partial charge in [0.2, 0.25) is 0 Å². The number of aryl methyl sites for hydroxylation is 1. The van der Waals surface area contributed by atoms with Crippen molar-refractivity contribution in [2.45, 2.75) is 51.1 Å². The normalized spacial score (nSPS) is 29.0. The first-order chi connectivity index (χ1) is 10.7. The average molecular weight is 339 g/mol. The Kier molecular flexibility index (Phi) is 7.35. The number of rotatable bonds is 5. The lowest BCUT2D eigenvalue weighted by molar-refractivity contribution is 0.0525. The summed E-state index contributed by atoms with van der Waals surface area (Å²) >= 11 is 0. The molecular formula is C19H31ClN2O. The highest BCUT2D eigenvalue weighted by molar-refractivity contribution is 5.85. The van der Waals surface area contributed by atoms with Crippen molar-refractivity contribution in [2.24, 2.45) is 5.92 Å². The third-order valence-corrected chi connectivity index (χ3v) is 5.37. The van der Waals surface area contributed by atoms with Crippen LogP contribution in [0.2, 0.25) is 0 Å². The number of ether oxygens (including phenoxy) is 1. The lowest BCUT2D eigenvalue weighted by atomic mass is 9.93. The van der Waals surface area contributed by atoms with E-state index in [9.17, 15) is 0 Å². The largest absolute Gasteiger partial charge is 0.379 e. The van der Waals surface area contributed by atoms with Gasteiger partial charge in [-0.1, -0.05) is 43.2 Å². The van der Waals surface area contributed by atoms with Gasteiger partial charge in [0.25, 0.3) is 0 Å². The Morgan fingerprint density at radius 1 is 1.26 bits per heavy atom. The minimum Gasteiger partial charge on any atom is -0.379 e. The lowest BCUT2D eigenvalue weighted by Crippen LogP contribution is -2.51. The van der Waals surface area contributed by atoms with E-state index in [-0.39, 0.29) is 12.4 Å². The molecule has 1 heterocycles. The van der Waals surface area contributed by atoms with Gasteiger partial charge in [-0.2, -0.15) is 0 Å². The summed E-state index contributed by atoms with van der Waals surface area (Å²) < 4.78 is 5.66. The maximum absolute atomic E-state index is 5.66. The van der Waals surface area contributed by atoms with E-state index < -0.39 is 0 Å². The lowest BCUT2D eigenvalue weighted by Gasteiger charge is -2.33. The predicted octanol–water partition coefficient (Wildman–Crippen LogP) is 3.27. The Morgan fingerprint density at radius 3 is 2.74 bits per heavy atom. The molecule has 4 atom stereocenters. The van der Waals surface area contributed by atoms with Crippen LogP contribution in [0.15, 0.2) is 24.3 Å². The summed E-state index contributed by atoms with van der Waals surface area (Å²) in [4.78, 5) is 0. The molecule has 1 aromatic rings. The smallest absolute Gasteiger partial charge is 0.0623 e. The van der Waals surface area contributed by atoms with Gasteiger partial charge in [0.05, 0.1) is 13.2 Å². The molecule has 0 spiro atoms. The first-order valence-corrected chi connectivity index (χ1v) is 8.85. The molecule has 3 rings (SSSR count). The second-order valence-electron chi connectivity index (χ2n) is 7.06. The average Bonchev–Trinajstić information content (AvgIpc) is 3.02. The topological polar surface area (TPSA) is 33.3 Å². The highest BCUT2D eigenvalue weighted by atomic mass is 35.5. The molecular weight excluding hydrogens is 308 g/mol. The molecule has 4 heteroatoms. The summed E-state index contributed by atoms with van der Waals surface area (Å²) in [5.41, 5.74) is 2.77. The van der Waals surface area contributed by atoms with Crippen LogP contribution in [0, 0.1) is 12.8 Å². The van der Waals surface area contributed by atoms with Crippen molar-refractivity contribution in [1.29, 1.82) is 0 Å². The zero-order chi connectivity index (χ0) is 15.4. The van der Waals surface area contributed by atoms with E-state index in [2.05, 4.69) is 48.7 Å². The van der Waals surface area contributed by atoms with Crippen LogP contribution in [0.25, 0.3) is 0 Å². The molecule has 0 bridgehead atoms. The summed E-state index contributed by atoms with van der Waals surface area (Å²) in [5.74, 6) is 1.29. The van der Waals surface area contributed by atoms with Gasteiger partial charge in [-0.3, -0.25) is 0 Å². The van der Waals surface area contributed by atoms with Crippen LogP contribution in [0.3, 0.4) is 0 Å². The van der Waals surface area contributed by atoms with Crippen molar-refractivity contribution in [3.63, 3.8) is 0 Å². The van der Waals surface area contributed by atoms with Crippen LogP contribution in [0.5, 0.6) is 0 Å². The summed E-state index contributed by atoms with van der Waals surface area (Å²) in [6, 6.07) is 10.2. The van der Waals surface area contributed by atoms with E-state index in [0.717, 1.165) is 32.2 Å². The molecule has 0 aromatic heterocycles. The van der Waals surface area contributed by atoms with Gasteiger partial charge in [0.1, 0.15) is 0 Å². The number of hydrogen-bond acceptors (Lipinski definition) is 3. The third-order valence-electron chi connectivity index (χ3n) is 5.37. The fourth-order valence-corrected chi connectivity index (χ4v) is 3.93. The highest BCUT2D eigenvalue weighted by Gasteiger charge is 2.34. The van der Waals surface area contributed by atoms with Gasteiger partial charge in [-0.25, -0.2) is 0 Å². The van der Waals surface area contributed by atoms with E-state index in [0.29, 0.717) is 18.0 Å². The van der Waals surface area contributed by atoms with Crippen molar-refractivity contribution in [3.05, 3.63) is 35.4 Å². The zero-order valence-electron chi connectivity index (χ0n) is 14.4. The van der Waals surface area contributed by atoms with Crippen molar-refractivity contribution in [1.82, 2.24) is 10.6 Å². The molecule has 2 fully saturated rings. The van der Waals surface area contributed by atoms with Crippen molar-refractivity contribution in [3.8, 4) is 0 Å². The Hall–Kier alpha value is -0.610. The Balaban J connectivity index is 0.00000192. The first-order valence-electron chi connectivity index (χ1n) is 8.85. The van der Waals surface area contributed by atoms with Crippen LogP contribution in [-0.4, -0.2) is 38.4 Å². The van der Waals surface area contributed by atoms with Gasteiger partial charge < -0.3 is 15.4 Å². The number of benzene rings is 1. The summed E-state index contributed by atoms with van der Waals surface area (Å²) in [6.45, 7) is 8.30. The molecule has 1 saturated carbocycles. The molecule has 2 N–H and O–H groups in total. The molecule has 1 aliphatic carbocycles. The fraction of sp³-hybridized carbons (Fsp3) is 0.684. The van der Waals surface area contributed by atoms with Crippen LogP contribution in [0.4, 0.5) is 0 Å². The number of halogens is 1. The maximum Gasteiger partial charge on any atom is 0.0623 e. The molecule has 0 radical (unpaired) electrons. The van der Waals surface area contributed by atoms with Crippen molar-refractivity contribution in [2.75, 3.05) is 26.3 Å². The monoisotopic (exact) mass is 338 g/mol. The van der Waals surface area contributed by atoms with E-state index in [1.165, 1.54) is 30.4 Å². The standard InChI is InChI=1S/C19H30N2O.ClH/c1-14-6-8-16(9-7-14)15(2)12-21-18-5-3-4-17(18)19-13-22-11-10-20-19;/h6-9,15,17-21H,3-5,10-13H2,1-2H3;1H. The number of hydrogen-bond donors (Lipinski definition) is 2. The first kappa shape index (κ1) is 18.7. The van der Waals surface area contributed by atoms with E-state index in [4.69, 9.17) is 4.74 Å². The molecule has 1 aliphatic heterocycles. The van der Waals surface area contributed by atoms with Crippen LogP contribution >= 0.6 is 12.4 Å². The summed E-state index contributed by atoms with van der Waals surface area (Å²) in [7, 11) is 0. The van der Waals surface area contributed by atoms with Gasteiger partial charge in [0.15, 0.2) is 0 Å². The van der Waals surface area contributed by atoms with Crippen LogP contribution in [0.1, 0.15) is 43.2 Å². The predicted molar refractivity (Wildman–Crippen MR) is 98.6 cm³/mol. The Bertz CT molecular complexity index is 459. The van der Waals surface area contributed by atoms with E-state index >= 15 is 0 Å². The summed E-state index contributed by atoms with van der Waals surface area (Å²) in [5, 5.41) is 7.50. The van der Waals surface area contributed by atoms with E-state index in [1.807, 2.05) is 0 Å². The van der Waals surface area contributed by atoms with Crippen molar-refractivity contribution >= 4 is 12.4 Å². The molecule has 23 heavy (non-hydrogen) atoms. The highest BCUT2D eigenvalue weighted by Crippen LogP contribution is 2.30. The number of morpholine rings is 1. The Morgan fingerprint density at radius 2 is 2.04 bits per heavy atom. The molecule has 1 aromatic carbocycles. The maximum atomic E-state index is 5.66. The summed E-state index contributed by atoms with van der Waals surface area (Å²) in [6.07, 6.45) is 3.99. The van der Waals surface area contributed by atoms with E-state index in [1.54, 1.807) is 0 Å². The second-order valence-corrected chi connectivity index (χ2v) is 7.06. The SMILES string of the molecule is Cc1ccc(C(C)CNC2CCCC2C2COCCN2)cc1.Cl. The van der Waals surface area contributed by atoms with Gasteiger partial charge in [0, 0.05) is 25.2 Å². The van der Waals surface area contributed by atoms with Gasteiger partial charge >= 0.3 is 0 Å². The van der Waals surface area contributed by atoms with Crippen LogP contribution in [-0.2, 0) is 4.74 Å². The Labute approximate surface area is 147 Å². The zero-order valence-corrected chi connectivity index (χ0v) is 15.2.